The van der Waals surface area contributed by atoms with Crippen molar-refractivity contribution in [2.45, 2.75) is 23.7 Å². The predicted octanol–water partition coefficient (Wildman–Crippen LogP) is 9.28. The first-order chi connectivity index (χ1) is 29.5. The molecule has 12 heteroatoms. The quantitative estimate of drug-likeness (QED) is 0.137. The lowest BCUT2D eigenvalue weighted by molar-refractivity contribution is 0.413. The summed E-state index contributed by atoms with van der Waals surface area (Å²) in [5.41, 5.74) is 10.5. The molecule has 0 spiro atoms. The molecule has 4 aromatic heterocycles. The van der Waals surface area contributed by atoms with Crippen LogP contribution in [0.5, 0.6) is 23.0 Å². The highest BCUT2D eigenvalue weighted by Gasteiger charge is 2.38. The van der Waals surface area contributed by atoms with Crippen LogP contribution in [-0.4, -0.2) is 58.8 Å². The smallest absolute Gasteiger partial charge is 0.181 e. The van der Waals surface area contributed by atoms with E-state index in [2.05, 4.69) is 103 Å². The molecule has 0 fully saturated rings. The summed E-state index contributed by atoms with van der Waals surface area (Å²) in [7, 11) is 6.71. The van der Waals surface area contributed by atoms with Gasteiger partial charge in [0.25, 0.3) is 0 Å². The lowest BCUT2D eigenvalue weighted by Gasteiger charge is -2.34. The molecular weight excluding hydrogens is 757 g/mol. The summed E-state index contributed by atoms with van der Waals surface area (Å²) in [5.74, 6) is 3.98. The molecule has 2 aliphatic carbocycles. The fourth-order valence-electron chi connectivity index (χ4n) is 8.25. The van der Waals surface area contributed by atoms with E-state index in [4.69, 9.17) is 27.8 Å². The Morgan fingerprint density at radius 1 is 0.533 bits per heavy atom. The molecule has 0 atom stereocenters. The van der Waals surface area contributed by atoms with Crippen LogP contribution in [0.2, 0.25) is 0 Å². The van der Waals surface area contributed by atoms with E-state index in [0.29, 0.717) is 5.76 Å². The summed E-state index contributed by atoms with van der Waals surface area (Å²) in [6, 6.07) is 32.9. The minimum absolute atomic E-state index is 0.348. The number of hydrogen-bond acceptors (Lipinski definition) is 10. The van der Waals surface area contributed by atoms with Gasteiger partial charge >= 0.3 is 0 Å². The summed E-state index contributed by atoms with van der Waals surface area (Å²) in [4.78, 5) is 8.26. The molecule has 0 unspecified atom stereocenters. The van der Waals surface area contributed by atoms with Gasteiger partial charge < -0.3 is 27.8 Å². The number of aromatic amines is 2. The largest absolute Gasteiger partial charge is 0.497 e. The molecule has 2 N–H and O–H groups in total. The Hall–Kier alpha value is -7.60. The van der Waals surface area contributed by atoms with Crippen LogP contribution >= 0.6 is 0 Å². The van der Waals surface area contributed by atoms with Gasteiger partial charge in [-0.3, -0.25) is 10.2 Å². The molecule has 10 rings (SSSR count). The molecular formula is C48H42N6O6. The van der Waals surface area contributed by atoms with Gasteiger partial charge in [-0.2, -0.15) is 10.2 Å². The zero-order valence-electron chi connectivity index (χ0n) is 33.5. The highest BCUT2D eigenvalue weighted by molar-refractivity contribution is 5.75. The van der Waals surface area contributed by atoms with E-state index >= 15 is 0 Å². The van der Waals surface area contributed by atoms with Crippen LogP contribution in [0, 0.1) is 0 Å². The van der Waals surface area contributed by atoms with E-state index in [1.165, 1.54) is 35.0 Å². The van der Waals surface area contributed by atoms with Crippen LogP contribution < -0.4 is 18.9 Å². The van der Waals surface area contributed by atoms with Crippen molar-refractivity contribution >= 4 is 12.2 Å². The number of H-pyrrole nitrogens is 2. The number of rotatable bonds is 10. The van der Waals surface area contributed by atoms with Gasteiger partial charge in [-0.1, -0.05) is 72.8 Å². The molecule has 60 heavy (non-hydrogen) atoms. The summed E-state index contributed by atoms with van der Waals surface area (Å²) < 4.78 is 32.0. The maximum absolute atomic E-state index is 5.46. The van der Waals surface area contributed by atoms with Crippen molar-refractivity contribution < 1.29 is 27.8 Å². The maximum atomic E-state index is 5.46. The van der Waals surface area contributed by atoms with Crippen molar-refractivity contribution in [2.24, 2.45) is 0 Å². The van der Waals surface area contributed by atoms with E-state index in [-0.39, 0.29) is 10.8 Å². The summed E-state index contributed by atoms with van der Waals surface area (Å²) in [6.45, 7) is 0. The molecule has 0 aliphatic heterocycles. The van der Waals surface area contributed by atoms with Gasteiger partial charge in [0.15, 0.2) is 18.5 Å². The van der Waals surface area contributed by atoms with E-state index in [9.17, 15) is 0 Å². The Morgan fingerprint density at radius 2 is 0.950 bits per heavy atom. The lowest BCUT2D eigenvalue weighted by Crippen LogP contribution is -2.30. The molecule has 0 radical (unpaired) electrons. The number of aromatic nitrogens is 6. The normalized spacial score (nSPS) is 14.3. The van der Waals surface area contributed by atoms with Gasteiger partial charge in [0, 0.05) is 46.2 Å². The lowest BCUT2D eigenvalue weighted by atomic mass is 9.68. The second-order valence-corrected chi connectivity index (χ2v) is 14.5. The van der Waals surface area contributed by atoms with Gasteiger partial charge in [0.05, 0.1) is 34.6 Å². The van der Waals surface area contributed by atoms with Gasteiger partial charge in [-0.25, -0.2) is 9.97 Å². The van der Waals surface area contributed by atoms with Gasteiger partial charge in [-0.05, 0) is 70.8 Å². The Labute approximate surface area is 346 Å². The van der Waals surface area contributed by atoms with Crippen LogP contribution in [0.3, 0.4) is 0 Å². The fraction of sp³-hybridized carbons (Fsp3) is 0.167. The van der Waals surface area contributed by atoms with Crippen LogP contribution in [-0.2, 0) is 23.7 Å². The molecule has 0 saturated heterocycles. The zero-order valence-corrected chi connectivity index (χ0v) is 33.5. The van der Waals surface area contributed by atoms with Crippen LogP contribution in [0.4, 0.5) is 0 Å². The third kappa shape index (κ3) is 6.81. The third-order valence-electron chi connectivity index (χ3n) is 11.5. The highest BCUT2D eigenvalue weighted by Crippen LogP contribution is 2.45. The van der Waals surface area contributed by atoms with Crippen molar-refractivity contribution in [1.82, 2.24) is 30.4 Å². The van der Waals surface area contributed by atoms with Crippen LogP contribution in [0.1, 0.15) is 44.8 Å². The summed E-state index contributed by atoms with van der Waals surface area (Å²) >= 11 is 0. The molecule has 0 saturated carbocycles. The maximum Gasteiger partial charge on any atom is 0.181 e. The van der Waals surface area contributed by atoms with Gasteiger partial charge in [0.2, 0.25) is 0 Å². The molecule has 4 heterocycles. The third-order valence-corrected chi connectivity index (χ3v) is 11.5. The molecule has 2 aliphatic rings. The second-order valence-electron chi connectivity index (χ2n) is 14.5. The van der Waals surface area contributed by atoms with E-state index in [1.54, 1.807) is 40.9 Å². The molecule has 0 bridgehead atoms. The molecule has 8 aromatic rings. The SMILES string of the molecule is COc1ccc(C2(c3ccc(OC)cc3)C=Cc3c(-c4cnco4)n[nH]c3C2)cc1.COc1ccc(C2(c3ccc(OC)cc3)C=Cc3c(-c4cocn4)n[nH]c3C2)cc1. The Bertz CT molecular complexity index is 2440. The van der Waals surface area contributed by atoms with Crippen molar-refractivity contribution in [3.05, 3.63) is 179 Å². The number of oxazole rings is 2. The number of methoxy groups -OCH3 is 4. The number of allylic oxidation sites excluding steroid dienone is 2. The average molecular weight is 799 g/mol. The van der Waals surface area contributed by atoms with E-state index in [1.807, 2.05) is 48.5 Å². The first-order valence-electron chi connectivity index (χ1n) is 19.4. The van der Waals surface area contributed by atoms with E-state index in [0.717, 1.165) is 75.4 Å². The number of hydrogen-bond donors (Lipinski definition) is 2. The fourth-order valence-corrected chi connectivity index (χ4v) is 8.25. The van der Waals surface area contributed by atoms with Crippen molar-refractivity contribution in [3.8, 4) is 45.8 Å². The van der Waals surface area contributed by atoms with Crippen molar-refractivity contribution in [2.75, 3.05) is 28.4 Å². The molecule has 0 amide bonds. The monoisotopic (exact) mass is 798 g/mol. The highest BCUT2D eigenvalue weighted by atomic mass is 16.5. The van der Waals surface area contributed by atoms with Gasteiger partial charge in [-0.15, -0.1) is 0 Å². The van der Waals surface area contributed by atoms with Crippen LogP contribution in [0.25, 0.3) is 35.0 Å². The number of ether oxygens (including phenoxy) is 4. The minimum atomic E-state index is -0.350. The first-order valence-corrected chi connectivity index (χ1v) is 19.4. The van der Waals surface area contributed by atoms with Crippen LogP contribution in [0.15, 0.2) is 143 Å². The topological polar surface area (TPSA) is 146 Å². The summed E-state index contributed by atoms with van der Waals surface area (Å²) in [5, 5.41) is 15.4. The molecule has 300 valence electrons. The van der Waals surface area contributed by atoms with Crippen molar-refractivity contribution in [3.63, 3.8) is 0 Å². The Kier molecular flexibility index (Phi) is 10.1. The number of nitrogens with zero attached hydrogens (tertiary/aromatic N) is 4. The number of benzene rings is 4. The average Bonchev–Trinajstić information content (AvgIpc) is 4.17. The predicted molar refractivity (Wildman–Crippen MR) is 227 cm³/mol. The van der Waals surface area contributed by atoms with E-state index < -0.39 is 0 Å². The molecule has 4 aromatic carbocycles. The number of fused-ring (bicyclic) bond motifs is 2. The standard InChI is InChI=1S/2C24H21N3O3/c1-28-18-7-3-16(4-8-18)24(17-5-9-19(29-2)10-6-17)12-11-20-21(13-24)26-27-23(20)22-14-30-15-25-22;1-28-18-7-3-16(4-8-18)24(17-5-9-19(29-2)10-6-17)12-11-20-21(13-24)26-27-23(20)22-14-25-15-30-22/h2*3-12,14-15H,13H2,1-2H3,(H,26,27). The first kappa shape index (κ1) is 37.9. The Morgan fingerprint density at radius 3 is 1.32 bits per heavy atom. The number of nitrogens with one attached hydrogen (secondary N) is 2. The molecule has 12 nitrogen and oxygen atoms in total. The summed E-state index contributed by atoms with van der Waals surface area (Å²) in [6.07, 6.45) is 16.3. The zero-order chi connectivity index (χ0) is 41.1. The van der Waals surface area contributed by atoms with Crippen molar-refractivity contribution in [1.29, 1.82) is 0 Å². The second kappa shape index (κ2) is 16.0. The Balaban J connectivity index is 0.000000154. The minimum Gasteiger partial charge on any atom is -0.497 e. The van der Waals surface area contributed by atoms with Gasteiger partial charge in [0.1, 0.15) is 46.3 Å².